The zero-order valence-electron chi connectivity index (χ0n) is 7.47. The van der Waals surface area contributed by atoms with E-state index in [4.69, 9.17) is 0 Å². The summed E-state index contributed by atoms with van der Waals surface area (Å²) in [6, 6.07) is 0. The van der Waals surface area contributed by atoms with Crippen molar-refractivity contribution in [3.63, 3.8) is 0 Å². The summed E-state index contributed by atoms with van der Waals surface area (Å²) in [5.41, 5.74) is 0. The first-order chi connectivity index (χ1) is 6.66. The SMILES string of the molecule is C=CC(=O)N1C(=O)/C=C\C/C=C\C1=O. The molecule has 1 aliphatic rings. The molecule has 1 heterocycles. The second kappa shape index (κ2) is 4.32. The third kappa shape index (κ3) is 2.04. The molecule has 0 spiro atoms. The van der Waals surface area contributed by atoms with Crippen LogP contribution in [-0.2, 0) is 14.4 Å². The van der Waals surface area contributed by atoms with E-state index >= 15 is 0 Å². The number of hydrogen-bond donors (Lipinski definition) is 0. The Labute approximate surface area is 81.2 Å². The van der Waals surface area contributed by atoms with Crippen LogP contribution in [0.25, 0.3) is 0 Å². The van der Waals surface area contributed by atoms with E-state index in [2.05, 4.69) is 6.58 Å². The fourth-order valence-electron chi connectivity index (χ4n) is 0.982. The monoisotopic (exact) mass is 191 g/mol. The van der Waals surface area contributed by atoms with Crippen LogP contribution in [0.4, 0.5) is 0 Å². The van der Waals surface area contributed by atoms with Gasteiger partial charge in [-0.2, -0.15) is 0 Å². The van der Waals surface area contributed by atoms with Crippen LogP contribution in [0.15, 0.2) is 37.0 Å². The van der Waals surface area contributed by atoms with Crippen LogP contribution in [-0.4, -0.2) is 22.6 Å². The quantitative estimate of drug-likeness (QED) is 0.449. The van der Waals surface area contributed by atoms with E-state index < -0.39 is 17.7 Å². The van der Waals surface area contributed by atoms with Gasteiger partial charge in [-0.1, -0.05) is 18.7 Å². The smallest absolute Gasteiger partial charge is 0.260 e. The molecule has 72 valence electrons. The van der Waals surface area contributed by atoms with Gasteiger partial charge in [0.2, 0.25) is 0 Å². The van der Waals surface area contributed by atoms with Gasteiger partial charge in [0, 0.05) is 12.2 Å². The maximum atomic E-state index is 11.3. The normalized spacial score (nSPS) is 21.0. The predicted octanol–water partition coefficient (Wildman–Crippen LogP) is 0.570. The largest absolute Gasteiger partial charge is 0.269 e. The van der Waals surface area contributed by atoms with Gasteiger partial charge >= 0.3 is 0 Å². The van der Waals surface area contributed by atoms with Crippen molar-refractivity contribution in [2.75, 3.05) is 0 Å². The van der Waals surface area contributed by atoms with Gasteiger partial charge in [-0.3, -0.25) is 14.4 Å². The molecule has 0 fully saturated rings. The number of amides is 3. The maximum Gasteiger partial charge on any atom is 0.260 e. The Kier molecular flexibility index (Phi) is 3.12. The van der Waals surface area contributed by atoms with E-state index in [0.717, 1.165) is 6.08 Å². The average Bonchev–Trinajstić information content (AvgIpc) is 2.15. The molecule has 0 bridgehead atoms. The summed E-state index contributed by atoms with van der Waals surface area (Å²) in [7, 11) is 0. The molecule has 0 saturated carbocycles. The Balaban J connectivity index is 3.02. The molecule has 0 aromatic carbocycles. The average molecular weight is 191 g/mol. The Morgan fingerprint density at radius 1 is 1.29 bits per heavy atom. The van der Waals surface area contributed by atoms with Crippen LogP contribution in [0.1, 0.15) is 6.42 Å². The summed E-state index contributed by atoms with van der Waals surface area (Å²) in [5, 5.41) is 0. The molecular weight excluding hydrogens is 182 g/mol. The van der Waals surface area contributed by atoms with E-state index in [1.807, 2.05) is 0 Å². The van der Waals surface area contributed by atoms with Crippen molar-refractivity contribution < 1.29 is 14.4 Å². The first-order valence-electron chi connectivity index (χ1n) is 4.04. The Hall–Kier alpha value is -1.97. The number of rotatable bonds is 1. The highest BCUT2D eigenvalue weighted by Gasteiger charge is 2.23. The topological polar surface area (TPSA) is 54.5 Å². The van der Waals surface area contributed by atoms with E-state index in [9.17, 15) is 14.4 Å². The van der Waals surface area contributed by atoms with Crippen molar-refractivity contribution in [3.05, 3.63) is 37.0 Å². The highest BCUT2D eigenvalue weighted by atomic mass is 16.2. The third-order valence-corrected chi connectivity index (χ3v) is 1.63. The van der Waals surface area contributed by atoms with Gasteiger partial charge in [0.05, 0.1) is 0 Å². The highest BCUT2D eigenvalue weighted by Crippen LogP contribution is 2.02. The number of nitrogens with zero attached hydrogens (tertiary/aromatic N) is 1. The van der Waals surface area contributed by atoms with Crippen LogP contribution >= 0.6 is 0 Å². The lowest BCUT2D eigenvalue weighted by molar-refractivity contribution is -0.147. The molecule has 0 unspecified atom stereocenters. The van der Waals surface area contributed by atoms with Crippen molar-refractivity contribution in [1.82, 2.24) is 4.90 Å². The van der Waals surface area contributed by atoms with Crippen molar-refractivity contribution >= 4 is 17.7 Å². The lowest BCUT2D eigenvalue weighted by Crippen LogP contribution is -2.39. The van der Waals surface area contributed by atoms with Crippen molar-refractivity contribution in [1.29, 1.82) is 0 Å². The Morgan fingerprint density at radius 3 is 2.21 bits per heavy atom. The number of hydrogen-bond acceptors (Lipinski definition) is 3. The molecule has 1 aliphatic heterocycles. The maximum absolute atomic E-state index is 11.3. The van der Waals surface area contributed by atoms with Gasteiger partial charge in [0.1, 0.15) is 0 Å². The summed E-state index contributed by atoms with van der Waals surface area (Å²) in [6.07, 6.45) is 6.99. The summed E-state index contributed by atoms with van der Waals surface area (Å²) in [6.45, 7) is 3.21. The van der Waals surface area contributed by atoms with Crippen LogP contribution in [0.3, 0.4) is 0 Å². The Morgan fingerprint density at radius 2 is 1.79 bits per heavy atom. The van der Waals surface area contributed by atoms with Gasteiger partial charge < -0.3 is 0 Å². The van der Waals surface area contributed by atoms with Gasteiger partial charge in [-0.15, -0.1) is 0 Å². The number of imide groups is 3. The van der Waals surface area contributed by atoms with Crippen LogP contribution in [0.2, 0.25) is 0 Å². The number of carbonyl (C=O) groups excluding carboxylic acids is 3. The molecule has 0 aromatic heterocycles. The third-order valence-electron chi connectivity index (χ3n) is 1.63. The molecule has 0 aromatic rings. The lowest BCUT2D eigenvalue weighted by atomic mass is 10.2. The number of carbonyl (C=O) groups is 3. The van der Waals surface area contributed by atoms with Crippen molar-refractivity contribution in [2.24, 2.45) is 0 Å². The molecule has 14 heavy (non-hydrogen) atoms. The second-order valence-electron chi connectivity index (χ2n) is 2.59. The number of allylic oxidation sites excluding steroid dienone is 2. The van der Waals surface area contributed by atoms with Gasteiger partial charge in [-0.25, -0.2) is 4.90 Å². The highest BCUT2D eigenvalue weighted by molar-refractivity contribution is 6.19. The Bertz CT molecular complexity index is 328. The zero-order valence-corrected chi connectivity index (χ0v) is 7.47. The van der Waals surface area contributed by atoms with Gasteiger partial charge in [0.25, 0.3) is 17.7 Å². The first kappa shape index (κ1) is 10.1. The summed E-state index contributed by atoms with van der Waals surface area (Å²) in [4.78, 5) is 34.3. The predicted molar refractivity (Wildman–Crippen MR) is 50.0 cm³/mol. The summed E-state index contributed by atoms with van der Waals surface area (Å²) in [5.74, 6) is -1.98. The molecule has 4 heteroatoms. The minimum atomic E-state index is -0.712. The zero-order chi connectivity index (χ0) is 10.6. The standard InChI is InChI=1S/C10H9NO3/c1-2-8(12)11-9(13)6-4-3-5-7-10(11)14/h2,4-7H,1,3H2/b6-4-,7-5-. The molecule has 0 atom stereocenters. The van der Waals surface area contributed by atoms with E-state index in [1.54, 1.807) is 12.2 Å². The van der Waals surface area contributed by atoms with Gasteiger partial charge in [0.15, 0.2) is 0 Å². The second-order valence-corrected chi connectivity index (χ2v) is 2.59. The minimum absolute atomic E-state index is 0.508. The molecule has 1 rings (SSSR count). The molecule has 0 saturated heterocycles. The van der Waals surface area contributed by atoms with Crippen LogP contribution < -0.4 is 0 Å². The fraction of sp³-hybridized carbons (Fsp3) is 0.100. The fourth-order valence-corrected chi connectivity index (χ4v) is 0.982. The van der Waals surface area contributed by atoms with E-state index in [-0.39, 0.29) is 0 Å². The van der Waals surface area contributed by atoms with Crippen molar-refractivity contribution in [3.8, 4) is 0 Å². The first-order valence-corrected chi connectivity index (χ1v) is 4.04. The summed E-state index contributed by atoms with van der Waals surface area (Å²) >= 11 is 0. The van der Waals surface area contributed by atoms with E-state index in [0.29, 0.717) is 11.3 Å². The van der Waals surface area contributed by atoms with Crippen LogP contribution in [0.5, 0.6) is 0 Å². The van der Waals surface area contributed by atoms with E-state index in [1.165, 1.54) is 12.2 Å². The molecular formula is C10H9NO3. The molecule has 0 radical (unpaired) electrons. The lowest BCUT2D eigenvalue weighted by Gasteiger charge is -2.13. The molecule has 4 nitrogen and oxygen atoms in total. The molecule has 0 aliphatic carbocycles. The van der Waals surface area contributed by atoms with Crippen molar-refractivity contribution in [2.45, 2.75) is 6.42 Å². The van der Waals surface area contributed by atoms with Crippen LogP contribution in [0, 0.1) is 0 Å². The minimum Gasteiger partial charge on any atom is -0.269 e. The molecule has 3 amide bonds. The molecule has 0 N–H and O–H groups in total. The van der Waals surface area contributed by atoms with Gasteiger partial charge in [-0.05, 0) is 12.5 Å². The summed E-state index contributed by atoms with van der Waals surface area (Å²) < 4.78 is 0.